The molecule has 1 aromatic rings. The highest BCUT2D eigenvalue weighted by Gasteiger charge is 2.42. The van der Waals surface area contributed by atoms with Crippen molar-refractivity contribution in [3.8, 4) is 11.5 Å². The Morgan fingerprint density at radius 1 is 1.28 bits per heavy atom. The lowest BCUT2D eigenvalue weighted by Gasteiger charge is -2.28. The van der Waals surface area contributed by atoms with Gasteiger partial charge in [0.2, 0.25) is 0 Å². The molecule has 2 fully saturated rings. The summed E-state index contributed by atoms with van der Waals surface area (Å²) in [5.74, 6) is 1.97. The van der Waals surface area contributed by atoms with Gasteiger partial charge < -0.3 is 14.8 Å². The van der Waals surface area contributed by atoms with Crippen molar-refractivity contribution in [3.63, 3.8) is 0 Å². The largest absolute Gasteiger partial charge is 0.490 e. The number of carbonyl (C=O) groups is 1. The maximum Gasteiger partial charge on any atom is 0.387 e. The predicted molar refractivity (Wildman–Crippen MR) is 90.1 cm³/mol. The first-order chi connectivity index (χ1) is 12.0. The van der Waals surface area contributed by atoms with Crippen LogP contribution in [-0.4, -0.2) is 25.2 Å². The molecule has 138 valence electrons. The highest BCUT2D eigenvalue weighted by atomic mass is 19.3. The molecule has 0 unspecified atom stereocenters. The van der Waals surface area contributed by atoms with E-state index in [1.165, 1.54) is 43.9 Å². The second-order valence-electron chi connectivity index (χ2n) is 7.07. The van der Waals surface area contributed by atoms with Gasteiger partial charge in [0.15, 0.2) is 11.5 Å². The Morgan fingerprint density at radius 3 is 2.68 bits per heavy atom. The van der Waals surface area contributed by atoms with Gasteiger partial charge in [-0.1, -0.05) is 6.42 Å². The molecule has 3 rings (SSSR count). The van der Waals surface area contributed by atoms with Crippen LogP contribution in [0.25, 0.3) is 0 Å². The molecule has 6 heteroatoms. The molecule has 1 N–H and O–H groups in total. The van der Waals surface area contributed by atoms with Crippen LogP contribution < -0.4 is 14.8 Å². The molecule has 2 aliphatic carbocycles. The van der Waals surface area contributed by atoms with Gasteiger partial charge in [-0.2, -0.15) is 8.78 Å². The lowest BCUT2D eigenvalue weighted by atomic mass is 9.84. The first-order valence-corrected chi connectivity index (χ1v) is 9.00. The summed E-state index contributed by atoms with van der Waals surface area (Å²) in [6, 6.07) is 4.41. The lowest BCUT2D eigenvalue weighted by molar-refractivity contribution is -0.0514. The second-order valence-corrected chi connectivity index (χ2v) is 7.07. The zero-order valence-electron chi connectivity index (χ0n) is 14.6. The number of fused-ring (bicyclic) bond motifs is 2. The van der Waals surface area contributed by atoms with Gasteiger partial charge in [0.25, 0.3) is 5.91 Å². The molecule has 0 heterocycles. The fourth-order valence-corrected chi connectivity index (χ4v) is 4.41. The maximum atomic E-state index is 12.6. The predicted octanol–water partition coefficient (Wildman–Crippen LogP) is 4.24. The molecular formula is C19H25F2NO3. The van der Waals surface area contributed by atoms with Crippen molar-refractivity contribution in [2.75, 3.05) is 6.61 Å². The van der Waals surface area contributed by atoms with Crippen LogP contribution in [0.2, 0.25) is 0 Å². The molecule has 4 atom stereocenters. The molecule has 1 amide bonds. The standard InChI is InChI=1S/C19H25F2NO3/c1-3-24-17-10-14(6-7-16(17)25-19(20)21)18(23)22-11(2)15-9-12-4-5-13(15)8-12/h6-7,10-13,15,19H,3-5,8-9H2,1-2H3,(H,22,23)/t11-,12+,13+,15-/m1/s1. The molecule has 1 aromatic carbocycles. The fraction of sp³-hybridized carbons (Fsp3) is 0.632. The number of nitrogens with one attached hydrogen (secondary N) is 1. The normalized spacial score (nSPS) is 25.9. The van der Waals surface area contributed by atoms with E-state index in [2.05, 4.69) is 17.0 Å². The van der Waals surface area contributed by atoms with Gasteiger partial charge in [0, 0.05) is 11.6 Å². The van der Waals surface area contributed by atoms with Gasteiger partial charge in [-0.15, -0.1) is 0 Å². The van der Waals surface area contributed by atoms with Crippen molar-refractivity contribution >= 4 is 5.91 Å². The van der Waals surface area contributed by atoms with Gasteiger partial charge in [0.1, 0.15) is 0 Å². The molecule has 25 heavy (non-hydrogen) atoms. The number of amides is 1. The number of carbonyl (C=O) groups excluding carboxylic acids is 1. The first-order valence-electron chi connectivity index (χ1n) is 9.00. The Labute approximate surface area is 146 Å². The average Bonchev–Trinajstić information content (AvgIpc) is 3.19. The van der Waals surface area contributed by atoms with Crippen molar-refractivity contribution in [1.29, 1.82) is 0 Å². The van der Waals surface area contributed by atoms with Gasteiger partial charge in [0.05, 0.1) is 6.61 Å². The van der Waals surface area contributed by atoms with Gasteiger partial charge in [-0.25, -0.2) is 0 Å². The van der Waals surface area contributed by atoms with Gasteiger partial charge in [-0.05, 0) is 69.1 Å². The topological polar surface area (TPSA) is 47.6 Å². The van der Waals surface area contributed by atoms with E-state index >= 15 is 0 Å². The molecule has 0 aromatic heterocycles. The molecule has 0 radical (unpaired) electrons. The second kappa shape index (κ2) is 7.58. The van der Waals surface area contributed by atoms with Crippen LogP contribution in [-0.2, 0) is 0 Å². The van der Waals surface area contributed by atoms with E-state index in [9.17, 15) is 13.6 Å². The van der Waals surface area contributed by atoms with E-state index < -0.39 is 6.61 Å². The smallest absolute Gasteiger partial charge is 0.387 e. The zero-order chi connectivity index (χ0) is 18.0. The molecule has 2 bridgehead atoms. The number of rotatable bonds is 7. The van der Waals surface area contributed by atoms with Crippen LogP contribution in [0.5, 0.6) is 11.5 Å². The number of hydrogen-bond donors (Lipinski definition) is 1. The number of ether oxygens (including phenoxy) is 2. The van der Waals surface area contributed by atoms with E-state index in [0.29, 0.717) is 18.1 Å². The van der Waals surface area contributed by atoms with Crippen molar-refractivity contribution in [2.24, 2.45) is 17.8 Å². The Balaban J connectivity index is 1.67. The van der Waals surface area contributed by atoms with Crippen LogP contribution in [0.1, 0.15) is 49.9 Å². The minimum absolute atomic E-state index is 0.0606. The molecule has 0 spiro atoms. The molecule has 0 saturated heterocycles. The van der Waals surface area contributed by atoms with Crippen LogP contribution >= 0.6 is 0 Å². The zero-order valence-corrected chi connectivity index (χ0v) is 14.6. The van der Waals surface area contributed by atoms with Gasteiger partial charge >= 0.3 is 6.61 Å². The lowest BCUT2D eigenvalue weighted by Crippen LogP contribution is -2.40. The van der Waals surface area contributed by atoms with Crippen LogP contribution in [0.3, 0.4) is 0 Å². The van der Waals surface area contributed by atoms with E-state index in [0.717, 1.165) is 11.8 Å². The number of halogens is 2. The summed E-state index contributed by atoms with van der Waals surface area (Å²) in [7, 11) is 0. The van der Waals surface area contributed by atoms with Crippen LogP contribution in [0.15, 0.2) is 18.2 Å². The summed E-state index contributed by atoms with van der Waals surface area (Å²) >= 11 is 0. The van der Waals surface area contributed by atoms with Crippen molar-refractivity contribution in [2.45, 2.75) is 52.2 Å². The summed E-state index contributed by atoms with van der Waals surface area (Å²) in [5.41, 5.74) is 0.389. The summed E-state index contributed by atoms with van der Waals surface area (Å²) in [6.45, 7) is 1.17. The Bertz CT molecular complexity index is 623. The van der Waals surface area contributed by atoms with E-state index in [1.807, 2.05) is 0 Å². The minimum Gasteiger partial charge on any atom is -0.490 e. The van der Waals surface area contributed by atoms with Crippen molar-refractivity contribution < 1.29 is 23.0 Å². The molecular weight excluding hydrogens is 328 g/mol. The minimum atomic E-state index is -2.93. The number of benzene rings is 1. The third kappa shape index (κ3) is 4.05. The molecule has 2 saturated carbocycles. The summed E-state index contributed by atoms with van der Waals surface area (Å²) in [5, 5.41) is 3.07. The fourth-order valence-electron chi connectivity index (χ4n) is 4.41. The van der Waals surface area contributed by atoms with E-state index in [1.54, 1.807) is 6.92 Å². The Kier molecular flexibility index (Phi) is 5.45. The average molecular weight is 353 g/mol. The summed E-state index contributed by atoms with van der Waals surface area (Å²) in [4.78, 5) is 12.6. The van der Waals surface area contributed by atoms with Gasteiger partial charge in [-0.3, -0.25) is 4.79 Å². The highest BCUT2D eigenvalue weighted by Crippen LogP contribution is 2.49. The number of alkyl halides is 2. The third-order valence-corrected chi connectivity index (χ3v) is 5.52. The molecule has 0 aliphatic heterocycles. The number of hydrogen-bond acceptors (Lipinski definition) is 3. The van der Waals surface area contributed by atoms with Crippen molar-refractivity contribution in [1.82, 2.24) is 5.32 Å². The quantitative estimate of drug-likeness (QED) is 0.797. The highest BCUT2D eigenvalue weighted by molar-refractivity contribution is 5.95. The van der Waals surface area contributed by atoms with Crippen LogP contribution in [0, 0.1) is 17.8 Å². The maximum absolute atomic E-state index is 12.6. The molecule has 4 nitrogen and oxygen atoms in total. The Hall–Kier alpha value is -1.85. The summed E-state index contributed by atoms with van der Waals surface area (Å²) in [6.07, 6.45) is 5.07. The van der Waals surface area contributed by atoms with E-state index in [-0.39, 0.29) is 23.4 Å². The first kappa shape index (κ1) is 18.0. The van der Waals surface area contributed by atoms with E-state index in [4.69, 9.17) is 4.74 Å². The van der Waals surface area contributed by atoms with Crippen LogP contribution in [0.4, 0.5) is 8.78 Å². The van der Waals surface area contributed by atoms with Crippen molar-refractivity contribution in [3.05, 3.63) is 23.8 Å². The SMILES string of the molecule is CCOc1cc(C(=O)N[C@H](C)[C@H]2C[C@H]3CC[C@H]2C3)ccc1OC(F)F. The third-order valence-electron chi connectivity index (χ3n) is 5.52. The monoisotopic (exact) mass is 353 g/mol. The Morgan fingerprint density at radius 2 is 2.08 bits per heavy atom. The molecule has 2 aliphatic rings. The summed E-state index contributed by atoms with van der Waals surface area (Å²) < 4.78 is 34.7.